The van der Waals surface area contributed by atoms with Crippen LogP contribution in [0.1, 0.15) is 0 Å². The molecule has 66 valence electrons. The second-order valence-electron chi connectivity index (χ2n) is 2.28. The monoisotopic (exact) mass is 175 g/mol. The molecule has 13 heavy (non-hydrogen) atoms. The zero-order chi connectivity index (χ0) is 9.52. The van der Waals surface area contributed by atoms with Gasteiger partial charge < -0.3 is 10.1 Å². The summed E-state index contributed by atoms with van der Waals surface area (Å²) in [6.07, 6.45) is 5.64. The summed E-state index contributed by atoms with van der Waals surface area (Å²) in [4.78, 5) is 10.1. The van der Waals surface area contributed by atoms with Crippen LogP contribution in [0.3, 0.4) is 0 Å². The molecule has 0 fully saturated rings. The number of ether oxygens (including phenoxy) is 1. The van der Waals surface area contributed by atoms with Crippen LogP contribution in [-0.4, -0.2) is 13.0 Å². The van der Waals surface area contributed by atoms with Crippen LogP contribution in [0.15, 0.2) is 24.3 Å². The number of hydrogen-bond donors (Lipinski definition) is 1. The van der Waals surface area contributed by atoms with Crippen molar-refractivity contribution < 1.29 is 9.53 Å². The van der Waals surface area contributed by atoms with E-state index in [1.165, 1.54) is 0 Å². The standard InChI is InChI=1S/C10H9NO2/c1-2-7-13-10-5-3-9(4-6-10)11-8-12/h1,3-6,8H,7H2,(H,11,12). The SMILES string of the molecule is C#CCOc1ccc(NC=O)cc1. The molecule has 3 nitrogen and oxygen atoms in total. The fourth-order valence-electron chi connectivity index (χ4n) is 0.840. The molecule has 0 heterocycles. The van der Waals surface area contributed by atoms with E-state index in [-0.39, 0.29) is 6.61 Å². The topological polar surface area (TPSA) is 38.3 Å². The second kappa shape index (κ2) is 4.83. The maximum Gasteiger partial charge on any atom is 0.211 e. The van der Waals surface area contributed by atoms with E-state index >= 15 is 0 Å². The van der Waals surface area contributed by atoms with Crippen LogP contribution in [0.5, 0.6) is 5.75 Å². The highest BCUT2D eigenvalue weighted by Gasteiger charge is 1.92. The molecule has 1 aromatic carbocycles. The quantitative estimate of drug-likeness (QED) is 0.552. The predicted octanol–water partition coefficient (Wildman–Crippen LogP) is 1.27. The lowest BCUT2D eigenvalue weighted by molar-refractivity contribution is -0.105. The van der Waals surface area contributed by atoms with Gasteiger partial charge in [-0.1, -0.05) is 5.92 Å². The first-order valence-corrected chi connectivity index (χ1v) is 3.73. The average molecular weight is 175 g/mol. The number of anilines is 1. The van der Waals surface area contributed by atoms with Crippen LogP contribution in [0, 0.1) is 12.3 Å². The molecule has 0 atom stereocenters. The largest absolute Gasteiger partial charge is 0.481 e. The van der Waals surface area contributed by atoms with Gasteiger partial charge in [-0.25, -0.2) is 0 Å². The van der Waals surface area contributed by atoms with Crippen molar-refractivity contribution in [3.8, 4) is 18.1 Å². The summed E-state index contributed by atoms with van der Waals surface area (Å²) >= 11 is 0. The van der Waals surface area contributed by atoms with Gasteiger partial charge in [0.25, 0.3) is 0 Å². The second-order valence-corrected chi connectivity index (χ2v) is 2.28. The average Bonchev–Trinajstić information content (AvgIpc) is 2.17. The summed E-state index contributed by atoms with van der Waals surface area (Å²) in [6, 6.07) is 6.95. The zero-order valence-electron chi connectivity index (χ0n) is 6.99. The van der Waals surface area contributed by atoms with Crippen molar-refractivity contribution in [1.82, 2.24) is 0 Å². The van der Waals surface area contributed by atoms with Crippen molar-refractivity contribution in [3.63, 3.8) is 0 Å². The Bertz CT molecular complexity index is 311. The number of carbonyl (C=O) groups excluding carboxylic acids is 1. The Morgan fingerprint density at radius 2 is 2.15 bits per heavy atom. The van der Waals surface area contributed by atoms with Crippen LogP contribution < -0.4 is 10.1 Å². The van der Waals surface area contributed by atoms with Gasteiger partial charge in [0.15, 0.2) is 0 Å². The Hall–Kier alpha value is -1.95. The summed E-state index contributed by atoms with van der Waals surface area (Å²) in [5, 5.41) is 2.51. The highest BCUT2D eigenvalue weighted by atomic mass is 16.5. The molecular weight excluding hydrogens is 166 g/mol. The Morgan fingerprint density at radius 3 is 2.69 bits per heavy atom. The van der Waals surface area contributed by atoms with Gasteiger partial charge in [0.05, 0.1) is 0 Å². The molecule has 0 saturated heterocycles. The van der Waals surface area contributed by atoms with Gasteiger partial charge >= 0.3 is 0 Å². The first-order chi connectivity index (χ1) is 6.36. The molecule has 0 bridgehead atoms. The number of carbonyl (C=O) groups is 1. The smallest absolute Gasteiger partial charge is 0.211 e. The predicted molar refractivity (Wildman–Crippen MR) is 50.5 cm³/mol. The molecule has 1 N–H and O–H groups in total. The van der Waals surface area contributed by atoms with E-state index in [1.54, 1.807) is 24.3 Å². The lowest BCUT2D eigenvalue weighted by atomic mass is 10.3. The van der Waals surface area contributed by atoms with Gasteiger partial charge in [-0.15, -0.1) is 6.42 Å². The van der Waals surface area contributed by atoms with Crippen molar-refractivity contribution in [1.29, 1.82) is 0 Å². The van der Waals surface area contributed by atoms with Crippen LogP contribution in [0.25, 0.3) is 0 Å². The van der Waals surface area contributed by atoms with Gasteiger partial charge in [0, 0.05) is 5.69 Å². The summed E-state index contributed by atoms with van der Waals surface area (Å²) in [5.41, 5.74) is 0.725. The van der Waals surface area contributed by atoms with Crippen molar-refractivity contribution in [2.45, 2.75) is 0 Å². The number of benzene rings is 1. The molecule has 1 aromatic rings. The summed E-state index contributed by atoms with van der Waals surface area (Å²) < 4.78 is 5.14. The van der Waals surface area contributed by atoms with Crippen LogP contribution in [-0.2, 0) is 4.79 Å². The normalized spacial score (nSPS) is 8.54. The van der Waals surface area contributed by atoms with Crippen molar-refractivity contribution in [2.24, 2.45) is 0 Å². The molecule has 3 heteroatoms. The van der Waals surface area contributed by atoms with E-state index in [9.17, 15) is 4.79 Å². The number of nitrogens with one attached hydrogen (secondary N) is 1. The molecule has 1 amide bonds. The molecule has 0 radical (unpaired) electrons. The fraction of sp³-hybridized carbons (Fsp3) is 0.100. The molecule has 0 aliphatic carbocycles. The Balaban J connectivity index is 2.59. The Labute approximate surface area is 76.7 Å². The maximum absolute atomic E-state index is 10.1. The third-order valence-corrected chi connectivity index (χ3v) is 1.40. The van der Waals surface area contributed by atoms with Gasteiger partial charge in [-0.05, 0) is 24.3 Å². The number of rotatable bonds is 4. The van der Waals surface area contributed by atoms with E-state index in [1.807, 2.05) is 0 Å². The molecule has 0 saturated carbocycles. The molecule has 0 aliphatic rings. The summed E-state index contributed by atoms with van der Waals surface area (Å²) in [5.74, 6) is 3.05. The highest BCUT2D eigenvalue weighted by Crippen LogP contribution is 2.14. The van der Waals surface area contributed by atoms with Crippen LogP contribution >= 0.6 is 0 Å². The Kier molecular flexibility index (Phi) is 3.40. The first kappa shape index (κ1) is 9.14. The number of terminal acetylenes is 1. The van der Waals surface area contributed by atoms with Gasteiger partial charge in [-0.3, -0.25) is 4.79 Å². The third-order valence-electron chi connectivity index (χ3n) is 1.40. The fourth-order valence-corrected chi connectivity index (χ4v) is 0.840. The minimum absolute atomic E-state index is 0.250. The molecule has 0 aromatic heterocycles. The zero-order valence-corrected chi connectivity index (χ0v) is 6.99. The molecule has 0 unspecified atom stereocenters. The van der Waals surface area contributed by atoms with E-state index in [0.717, 1.165) is 5.69 Å². The molecular formula is C10H9NO2. The lowest BCUT2D eigenvalue weighted by Crippen LogP contribution is -1.95. The van der Waals surface area contributed by atoms with Crippen molar-refractivity contribution >= 4 is 12.1 Å². The van der Waals surface area contributed by atoms with E-state index in [0.29, 0.717) is 12.2 Å². The molecule has 0 spiro atoms. The van der Waals surface area contributed by atoms with E-state index < -0.39 is 0 Å². The van der Waals surface area contributed by atoms with Gasteiger partial charge in [-0.2, -0.15) is 0 Å². The molecule has 1 rings (SSSR count). The van der Waals surface area contributed by atoms with Crippen molar-refractivity contribution in [2.75, 3.05) is 11.9 Å². The van der Waals surface area contributed by atoms with Gasteiger partial charge in [0.1, 0.15) is 12.4 Å². The van der Waals surface area contributed by atoms with Crippen molar-refractivity contribution in [3.05, 3.63) is 24.3 Å². The van der Waals surface area contributed by atoms with Crippen LogP contribution in [0.2, 0.25) is 0 Å². The summed E-state index contributed by atoms with van der Waals surface area (Å²) in [7, 11) is 0. The molecule has 0 aliphatic heterocycles. The lowest BCUT2D eigenvalue weighted by Gasteiger charge is -2.02. The third kappa shape index (κ3) is 2.88. The summed E-state index contributed by atoms with van der Waals surface area (Å²) in [6.45, 7) is 0.250. The minimum Gasteiger partial charge on any atom is -0.481 e. The number of hydrogen-bond acceptors (Lipinski definition) is 2. The maximum atomic E-state index is 10.1. The van der Waals surface area contributed by atoms with Gasteiger partial charge in [0.2, 0.25) is 6.41 Å². The Morgan fingerprint density at radius 1 is 1.46 bits per heavy atom. The van der Waals surface area contributed by atoms with E-state index in [4.69, 9.17) is 11.2 Å². The highest BCUT2D eigenvalue weighted by molar-refractivity contribution is 5.71. The minimum atomic E-state index is 0.250. The first-order valence-electron chi connectivity index (χ1n) is 3.73. The number of amides is 1. The van der Waals surface area contributed by atoms with Crippen LogP contribution in [0.4, 0.5) is 5.69 Å². The van der Waals surface area contributed by atoms with E-state index in [2.05, 4.69) is 11.2 Å².